The van der Waals surface area contributed by atoms with Gasteiger partial charge in [-0.3, -0.25) is 4.79 Å². The molecule has 1 atom stereocenters. The molecule has 0 aliphatic carbocycles. The van der Waals surface area contributed by atoms with Gasteiger partial charge >= 0.3 is 0 Å². The van der Waals surface area contributed by atoms with Crippen molar-refractivity contribution < 1.29 is 4.79 Å². The van der Waals surface area contributed by atoms with E-state index in [4.69, 9.17) is 11.6 Å². The van der Waals surface area contributed by atoms with Gasteiger partial charge in [-0.05, 0) is 37.3 Å². The lowest BCUT2D eigenvalue weighted by Gasteiger charge is -2.28. The van der Waals surface area contributed by atoms with Gasteiger partial charge < -0.3 is 5.32 Å². The van der Waals surface area contributed by atoms with Gasteiger partial charge in [-0.2, -0.15) is 0 Å². The van der Waals surface area contributed by atoms with Crippen LogP contribution in [-0.2, 0) is 11.2 Å². The molecule has 0 aliphatic rings. The van der Waals surface area contributed by atoms with Crippen molar-refractivity contribution >= 4 is 17.5 Å². The van der Waals surface area contributed by atoms with Gasteiger partial charge in [0.15, 0.2) is 0 Å². The maximum absolute atomic E-state index is 12.3. The average molecular weight is 296 g/mol. The Labute approximate surface area is 127 Å². The molecule has 112 valence electrons. The first kappa shape index (κ1) is 17.0. The minimum absolute atomic E-state index is 0.00534. The summed E-state index contributed by atoms with van der Waals surface area (Å²) in [5.41, 5.74) is 1.91. The quantitative estimate of drug-likeness (QED) is 0.778. The molecule has 0 heterocycles. The van der Waals surface area contributed by atoms with Crippen LogP contribution in [-0.4, -0.2) is 11.8 Å². The van der Waals surface area contributed by atoms with Crippen molar-refractivity contribution in [3.05, 3.63) is 35.4 Å². The SMILES string of the molecule is CCc1ccc(C(NC(=O)C(C)(C)CCl)C(C)C)cc1. The van der Waals surface area contributed by atoms with E-state index in [2.05, 4.69) is 50.4 Å². The Balaban J connectivity index is 2.91. The van der Waals surface area contributed by atoms with Crippen molar-refractivity contribution in [2.45, 2.75) is 47.1 Å². The maximum Gasteiger partial charge on any atom is 0.227 e. The van der Waals surface area contributed by atoms with Crippen LogP contribution in [0.5, 0.6) is 0 Å². The zero-order valence-corrected chi connectivity index (χ0v) is 13.9. The molecule has 0 spiro atoms. The third-order valence-electron chi connectivity index (χ3n) is 3.65. The summed E-state index contributed by atoms with van der Waals surface area (Å²) in [4.78, 5) is 12.3. The van der Waals surface area contributed by atoms with E-state index < -0.39 is 5.41 Å². The van der Waals surface area contributed by atoms with Gasteiger partial charge in [0.25, 0.3) is 0 Å². The molecule has 0 saturated heterocycles. The number of rotatable bonds is 6. The Morgan fingerprint density at radius 3 is 2.20 bits per heavy atom. The number of halogens is 1. The highest BCUT2D eigenvalue weighted by Gasteiger charge is 2.29. The van der Waals surface area contributed by atoms with Gasteiger partial charge in [-0.1, -0.05) is 45.0 Å². The van der Waals surface area contributed by atoms with Gasteiger partial charge in [0.2, 0.25) is 5.91 Å². The molecule has 1 N–H and O–H groups in total. The first-order valence-electron chi connectivity index (χ1n) is 7.27. The molecule has 0 aliphatic heterocycles. The van der Waals surface area contributed by atoms with Crippen molar-refractivity contribution in [2.75, 3.05) is 5.88 Å². The molecule has 0 radical (unpaired) electrons. The second-order valence-corrected chi connectivity index (χ2v) is 6.58. The molecular formula is C17H26ClNO. The van der Waals surface area contributed by atoms with Crippen molar-refractivity contribution in [1.82, 2.24) is 5.32 Å². The number of alkyl halides is 1. The second-order valence-electron chi connectivity index (χ2n) is 6.31. The van der Waals surface area contributed by atoms with E-state index in [0.717, 1.165) is 12.0 Å². The summed E-state index contributed by atoms with van der Waals surface area (Å²) < 4.78 is 0. The predicted molar refractivity (Wildman–Crippen MR) is 86.0 cm³/mol. The number of aryl methyl sites for hydroxylation is 1. The Kier molecular flexibility index (Phi) is 6.07. The molecule has 3 heteroatoms. The number of hydrogen-bond acceptors (Lipinski definition) is 1. The fraction of sp³-hybridized carbons (Fsp3) is 0.588. The second kappa shape index (κ2) is 7.12. The summed E-state index contributed by atoms with van der Waals surface area (Å²) in [6.45, 7) is 10.1. The highest BCUT2D eigenvalue weighted by Crippen LogP contribution is 2.25. The molecule has 0 saturated carbocycles. The largest absolute Gasteiger partial charge is 0.349 e. The lowest BCUT2D eigenvalue weighted by molar-refractivity contribution is -0.129. The average Bonchev–Trinajstić information content (AvgIpc) is 2.44. The van der Waals surface area contributed by atoms with E-state index in [-0.39, 0.29) is 11.9 Å². The van der Waals surface area contributed by atoms with Crippen molar-refractivity contribution in [3.63, 3.8) is 0 Å². The van der Waals surface area contributed by atoms with Crippen molar-refractivity contribution in [3.8, 4) is 0 Å². The molecule has 1 amide bonds. The summed E-state index contributed by atoms with van der Waals surface area (Å²) in [5, 5.41) is 3.14. The highest BCUT2D eigenvalue weighted by molar-refractivity contribution is 6.19. The van der Waals surface area contributed by atoms with E-state index in [9.17, 15) is 4.79 Å². The minimum atomic E-state index is -0.544. The number of hydrogen-bond donors (Lipinski definition) is 1. The Hall–Kier alpha value is -1.02. The van der Waals surface area contributed by atoms with Crippen LogP contribution in [0, 0.1) is 11.3 Å². The van der Waals surface area contributed by atoms with Gasteiger partial charge in [0, 0.05) is 5.88 Å². The summed E-state index contributed by atoms with van der Waals surface area (Å²) in [6.07, 6.45) is 1.03. The first-order valence-corrected chi connectivity index (χ1v) is 7.81. The smallest absolute Gasteiger partial charge is 0.227 e. The Bertz CT molecular complexity index is 437. The van der Waals surface area contributed by atoms with Crippen LogP contribution in [0.15, 0.2) is 24.3 Å². The van der Waals surface area contributed by atoms with Gasteiger partial charge in [0.05, 0.1) is 11.5 Å². The molecule has 0 fully saturated rings. The van der Waals surface area contributed by atoms with E-state index in [1.165, 1.54) is 5.56 Å². The van der Waals surface area contributed by atoms with E-state index in [0.29, 0.717) is 11.8 Å². The van der Waals surface area contributed by atoms with Crippen molar-refractivity contribution in [2.24, 2.45) is 11.3 Å². The number of carbonyl (C=O) groups excluding carboxylic acids is 1. The fourth-order valence-corrected chi connectivity index (χ4v) is 2.11. The maximum atomic E-state index is 12.3. The van der Waals surface area contributed by atoms with Crippen LogP contribution < -0.4 is 5.32 Å². The van der Waals surface area contributed by atoms with Gasteiger partial charge in [0.1, 0.15) is 0 Å². The third-order valence-corrected chi connectivity index (χ3v) is 4.32. The fourth-order valence-electron chi connectivity index (χ4n) is 1.99. The molecule has 0 aromatic heterocycles. The molecule has 1 rings (SSSR count). The van der Waals surface area contributed by atoms with Crippen LogP contribution in [0.1, 0.15) is 51.8 Å². The van der Waals surface area contributed by atoms with Crippen LogP contribution >= 0.6 is 11.6 Å². The minimum Gasteiger partial charge on any atom is -0.349 e. The van der Waals surface area contributed by atoms with Gasteiger partial charge in [-0.25, -0.2) is 0 Å². The van der Waals surface area contributed by atoms with E-state index in [1.54, 1.807) is 0 Å². The number of carbonyl (C=O) groups is 1. The van der Waals surface area contributed by atoms with Crippen LogP contribution in [0.2, 0.25) is 0 Å². The Morgan fingerprint density at radius 1 is 1.25 bits per heavy atom. The van der Waals surface area contributed by atoms with E-state index >= 15 is 0 Å². The first-order chi connectivity index (χ1) is 9.31. The molecule has 20 heavy (non-hydrogen) atoms. The molecule has 1 unspecified atom stereocenters. The number of nitrogens with one attached hydrogen (secondary N) is 1. The molecule has 0 bridgehead atoms. The van der Waals surface area contributed by atoms with E-state index in [1.807, 2.05) is 13.8 Å². The highest BCUT2D eigenvalue weighted by atomic mass is 35.5. The standard InChI is InChI=1S/C17H26ClNO/c1-6-13-7-9-14(10-8-13)15(12(2)3)19-16(20)17(4,5)11-18/h7-10,12,15H,6,11H2,1-5H3,(H,19,20). The predicted octanol–water partition coefficient (Wildman–Crippen LogP) is 4.33. The number of amides is 1. The molecular weight excluding hydrogens is 270 g/mol. The normalized spacial score (nSPS) is 13.3. The summed E-state index contributed by atoms with van der Waals surface area (Å²) in [6, 6.07) is 8.50. The number of benzene rings is 1. The molecule has 1 aromatic rings. The van der Waals surface area contributed by atoms with Crippen LogP contribution in [0.3, 0.4) is 0 Å². The Morgan fingerprint density at radius 2 is 1.80 bits per heavy atom. The summed E-state index contributed by atoms with van der Waals surface area (Å²) in [7, 11) is 0. The molecule has 1 aromatic carbocycles. The zero-order chi connectivity index (χ0) is 15.3. The third kappa shape index (κ3) is 4.24. The zero-order valence-electron chi connectivity index (χ0n) is 13.2. The van der Waals surface area contributed by atoms with Crippen molar-refractivity contribution in [1.29, 1.82) is 0 Å². The van der Waals surface area contributed by atoms with Crippen LogP contribution in [0.4, 0.5) is 0 Å². The lowest BCUT2D eigenvalue weighted by Crippen LogP contribution is -2.41. The lowest BCUT2D eigenvalue weighted by atomic mass is 9.91. The monoisotopic (exact) mass is 295 g/mol. The van der Waals surface area contributed by atoms with Gasteiger partial charge in [-0.15, -0.1) is 11.6 Å². The van der Waals surface area contributed by atoms with Crippen LogP contribution in [0.25, 0.3) is 0 Å². The topological polar surface area (TPSA) is 29.1 Å². The molecule has 2 nitrogen and oxygen atoms in total. The summed E-state index contributed by atoms with van der Waals surface area (Å²) >= 11 is 5.88. The summed E-state index contributed by atoms with van der Waals surface area (Å²) in [5.74, 6) is 0.654.